The van der Waals surface area contributed by atoms with Gasteiger partial charge in [-0.15, -0.1) is 0 Å². The molecule has 0 fully saturated rings. The molecule has 0 aliphatic heterocycles. The van der Waals surface area contributed by atoms with Gasteiger partial charge in [0.25, 0.3) is 0 Å². The van der Waals surface area contributed by atoms with E-state index in [2.05, 4.69) is 9.97 Å². The number of halogens is 1. The fourth-order valence-corrected chi connectivity index (χ4v) is 2.54. The largest absolute Gasteiger partial charge is 0.506 e. The van der Waals surface area contributed by atoms with E-state index in [1.807, 2.05) is 18.2 Å². The molecular formula is C16H10ClN3O2. The first-order chi connectivity index (χ1) is 10.7. The summed E-state index contributed by atoms with van der Waals surface area (Å²) < 4.78 is 7.22. The molecule has 0 saturated heterocycles. The molecule has 5 nitrogen and oxygen atoms in total. The van der Waals surface area contributed by atoms with E-state index in [9.17, 15) is 5.11 Å². The highest BCUT2D eigenvalue weighted by molar-refractivity contribution is 6.29. The summed E-state index contributed by atoms with van der Waals surface area (Å²) in [4.78, 5) is 8.92. The first-order valence-corrected chi connectivity index (χ1v) is 6.99. The second kappa shape index (κ2) is 4.89. The van der Waals surface area contributed by atoms with Gasteiger partial charge in [0.2, 0.25) is 0 Å². The molecule has 0 aliphatic carbocycles. The lowest BCUT2D eigenvalue weighted by Gasteiger charge is -2.08. The monoisotopic (exact) mass is 311 g/mol. The van der Waals surface area contributed by atoms with E-state index >= 15 is 0 Å². The van der Waals surface area contributed by atoms with Crippen LogP contribution in [-0.4, -0.2) is 19.6 Å². The van der Waals surface area contributed by atoms with Crippen molar-refractivity contribution in [1.29, 1.82) is 0 Å². The fourth-order valence-electron chi connectivity index (χ4n) is 2.39. The number of para-hydroxylation sites is 2. The quantitative estimate of drug-likeness (QED) is 0.607. The number of hydrogen-bond donors (Lipinski definition) is 1. The van der Waals surface area contributed by atoms with E-state index in [4.69, 9.17) is 16.0 Å². The molecule has 0 saturated carbocycles. The summed E-state index contributed by atoms with van der Waals surface area (Å²) in [5.41, 5.74) is 1.91. The zero-order valence-corrected chi connectivity index (χ0v) is 12.0. The maximum atomic E-state index is 10.2. The number of nitrogens with zero attached hydrogens (tertiary/aromatic N) is 3. The van der Waals surface area contributed by atoms with Crippen molar-refractivity contribution in [3.63, 3.8) is 0 Å². The molecule has 0 aliphatic rings. The second-order valence-electron chi connectivity index (χ2n) is 4.71. The van der Waals surface area contributed by atoms with Crippen molar-refractivity contribution < 1.29 is 9.52 Å². The number of rotatable bonds is 2. The van der Waals surface area contributed by atoms with Crippen LogP contribution in [0, 0.1) is 0 Å². The molecule has 0 amide bonds. The minimum absolute atomic E-state index is 0.131. The van der Waals surface area contributed by atoms with Gasteiger partial charge in [0.1, 0.15) is 11.3 Å². The Hall–Kier alpha value is -2.79. The minimum atomic E-state index is 0.131. The van der Waals surface area contributed by atoms with Crippen LogP contribution in [0.3, 0.4) is 0 Å². The first kappa shape index (κ1) is 12.9. The van der Waals surface area contributed by atoms with Crippen molar-refractivity contribution >= 4 is 22.8 Å². The molecule has 4 rings (SSSR count). The number of hydrogen-bond acceptors (Lipinski definition) is 4. The molecule has 22 heavy (non-hydrogen) atoms. The van der Waals surface area contributed by atoms with Crippen molar-refractivity contribution in [2.45, 2.75) is 0 Å². The highest BCUT2D eigenvalue weighted by atomic mass is 35.5. The third-order valence-corrected chi connectivity index (χ3v) is 3.54. The number of benzene rings is 1. The van der Waals surface area contributed by atoms with E-state index in [-0.39, 0.29) is 11.0 Å². The number of furan rings is 1. The van der Waals surface area contributed by atoms with Gasteiger partial charge >= 0.3 is 0 Å². The molecule has 0 radical (unpaired) electrons. The van der Waals surface area contributed by atoms with E-state index in [0.717, 1.165) is 0 Å². The average molecular weight is 312 g/mol. The van der Waals surface area contributed by atoms with Crippen LogP contribution in [0.4, 0.5) is 0 Å². The number of phenols is 1. The van der Waals surface area contributed by atoms with Crippen molar-refractivity contribution in [2.75, 3.05) is 0 Å². The first-order valence-electron chi connectivity index (χ1n) is 6.61. The lowest BCUT2D eigenvalue weighted by atomic mass is 10.3. The average Bonchev–Trinajstić information content (AvgIpc) is 3.11. The van der Waals surface area contributed by atoms with E-state index in [1.165, 1.54) is 0 Å². The van der Waals surface area contributed by atoms with Gasteiger partial charge in [-0.3, -0.25) is 4.57 Å². The topological polar surface area (TPSA) is 64.1 Å². The van der Waals surface area contributed by atoms with Gasteiger partial charge in [0.05, 0.1) is 5.69 Å². The Bertz CT molecular complexity index is 974. The Balaban J connectivity index is 2.09. The number of fused-ring (bicyclic) bond motifs is 1. The molecule has 6 heteroatoms. The van der Waals surface area contributed by atoms with Gasteiger partial charge in [0, 0.05) is 6.20 Å². The maximum absolute atomic E-state index is 10.2. The van der Waals surface area contributed by atoms with E-state index < -0.39 is 0 Å². The molecule has 3 heterocycles. The van der Waals surface area contributed by atoms with Crippen LogP contribution < -0.4 is 0 Å². The predicted octanol–water partition coefficient (Wildman–Crippen LogP) is 4.04. The lowest BCUT2D eigenvalue weighted by Crippen LogP contribution is -1.98. The van der Waals surface area contributed by atoms with Gasteiger partial charge in [-0.05, 0) is 48.0 Å². The van der Waals surface area contributed by atoms with Gasteiger partial charge in [0.15, 0.2) is 22.5 Å². The summed E-state index contributed by atoms with van der Waals surface area (Å²) in [6, 6.07) is 14.1. The van der Waals surface area contributed by atoms with Gasteiger partial charge in [-0.1, -0.05) is 12.1 Å². The number of pyridine rings is 1. The molecule has 1 aromatic carbocycles. The van der Waals surface area contributed by atoms with Crippen molar-refractivity contribution in [1.82, 2.24) is 14.5 Å². The molecule has 0 atom stereocenters. The Morgan fingerprint density at radius 3 is 2.68 bits per heavy atom. The maximum Gasteiger partial charge on any atom is 0.194 e. The number of phenolic OH excluding ortho intramolecular Hbond substituents is 1. The van der Waals surface area contributed by atoms with Crippen LogP contribution in [0.25, 0.3) is 28.4 Å². The standard InChI is InChI=1S/C16H10ClN3O2/c17-14-8-7-13(22-14)16-19-10-4-3-9-18-15(10)20(16)11-5-1-2-6-12(11)21/h1-9,21H. The number of imidazole rings is 1. The van der Waals surface area contributed by atoms with Crippen LogP contribution in [-0.2, 0) is 0 Å². The van der Waals surface area contributed by atoms with Crippen LogP contribution in [0.5, 0.6) is 5.75 Å². The van der Waals surface area contributed by atoms with E-state index in [0.29, 0.717) is 28.4 Å². The number of aromatic hydroxyl groups is 1. The smallest absolute Gasteiger partial charge is 0.194 e. The Morgan fingerprint density at radius 1 is 1.05 bits per heavy atom. The highest BCUT2D eigenvalue weighted by Crippen LogP contribution is 2.32. The SMILES string of the molecule is Oc1ccccc1-n1c(-c2ccc(Cl)o2)nc2cccnc21. The molecule has 1 N–H and O–H groups in total. The summed E-state index contributed by atoms with van der Waals surface area (Å²) in [5, 5.41) is 10.5. The summed E-state index contributed by atoms with van der Waals surface area (Å²) >= 11 is 5.87. The molecule has 108 valence electrons. The summed E-state index contributed by atoms with van der Waals surface area (Å²) in [7, 11) is 0. The Morgan fingerprint density at radius 2 is 1.91 bits per heavy atom. The van der Waals surface area contributed by atoms with Gasteiger partial charge in [-0.2, -0.15) is 0 Å². The molecule has 0 unspecified atom stereocenters. The molecular weight excluding hydrogens is 302 g/mol. The van der Waals surface area contributed by atoms with Crippen molar-refractivity contribution in [3.05, 3.63) is 59.9 Å². The second-order valence-corrected chi connectivity index (χ2v) is 5.08. The molecule has 3 aromatic heterocycles. The normalized spacial score (nSPS) is 11.1. The van der Waals surface area contributed by atoms with Crippen LogP contribution in [0.1, 0.15) is 0 Å². The summed E-state index contributed by atoms with van der Waals surface area (Å²) in [5.74, 6) is 1.17. The summed E-state index contributed by atoms with van der Waals surface area (Å²) in [6.07, 6.45) is 1.68. The number of aromatic nitrogens is 3. The van der Waals surface area contributed by atoms with Crippen LogP contribution >= 0.6 is 11.6 Å². The third-order valence-electron chi connectivity index (χ3n) is 3.33. The molecule has 4 aromatic rings. The van der Waals surface area contributed by atoms with Crippen molar-refractivity contribution in [2.24, 2.45) is 0 Å². The third kappa shape index (κ3) is 1.95. The highest BCUT2D eigenvalue weighted by Gasteiger charge is 2.19. The molecule has 0 bridgehead atoms. The lowest BCUT2D eigenvalue weighted by molar-refractivity contribution is 0.472. The molecule has 0 spiro atoms. The van der Waals surface area contributed by atoms with E-state index in [1.54, 1.807) is 41.1 Å². The predicted molar refractivity (Wildman–Crippen MR) is 83.2 cm³/mol. The Labute approximate surface area is 130 Å². The van der Waals surface area contributed by atoms with Gasteiger partial charge in [-0.25, -0.2) is 9.97 Å². The van der Waals surface area contributed by atoms with Crippen LogP contribution in [0.15, 0.2) is 59.1 Å². The van der Waals surface area contributed by atoms with Crippen LogP contribution in [0.2, 0.25) is 5.22 Å². The zero-order chi connectivity index (χ0) is 15.1. The van der Waals surface area contributed by atoms with Gasteiger partial charge < -0.3 is 9.52 Å². The minimum Gasteiger partial charge on any atom is -0.506 e. The van der Waals surface area contributed by atoms with Crippen molar-refractivity contribution in [3.8, 4) is 23.0 Å². The summed E-state index contributed by atoms with van der Waals surface area (Å²) in [6.45, 7) is 0. The zero-order valence-electron chi connectivity index (χ0n) is 11.3. The fraction of sp³-hybridized carbons (Fsp3) is 0. The Kier molecular flexibility index (Phi) is 2.87.